The van der Waals surface area contributed by atoms with E-state index in [-0.39, 0.29) is 24.5 Å². The standard InChI is InChI=1S/C19H23N3O3/c1-13-5-7-15(8-6-13)16(23)9-10-17(24)21-19(11-3-4-12-19)18-20-14(2)25-22-18/h5-8H,3-4,9-12H2,1-2H3,(H,21,24). The molecule has 1 N–H and O–H groups in total. The first-order valence-electron chi connectivity index (χ1n) is 8.70. The third-order valence-electron chi connectivity index (χ3n) is 4.74. The van der Waals surface area contributed by atoms with Crippen molar-refractivity contribution in [3.8, 4) is 0 Å². The van der Waals surface area contributed by atoms with Crippen LogP contribution in [0.15, 0.2) is 28.8 Å². The molecule has 1 saturated carbocycles. The van der Waals surface area contributed by atoms with Crippen molar-refractivity contribution < 1.29 is 14.1 Å². The molecule has 0 bridgehead atoms. The number of amides is 1. The number of hydrogen-bond acceptors (Lipinski definition) is 5. The maximum Gasteiger partial charge on any atom is 0.223 e. The van der Waals surface area contributed by atoms with E-state index >= 15 is 0 Å². The van der Waals surface area contributed by atoms with Crippen molar-refractivity contribution in [2.45, 2.75) is 57.9 Å². The van der Waals surface area contributed by atoms with E-state index in [1.807, 2.05) is 19.1 Å². The van der Waals surface area contributed by atoms with Crippen LogP contribution in [0.4, 0.5) is 0 Å². The smallest absolute Gasteiger partial charge is 0.223 e. The Balaban J connectivity index is 1.61. The molecule has 0 radical (unpaired) electrons. The molecule has 25 heavy (non-hydrogen) atoms. The van der Waals surface area contributed by atoms with E-state index in [0.29, 0.717) is 17.3 Å². The summed E-state index contributed by atoms with van der Waals surface area (Å²) in [6.07, 6.45) is 3.96. The normalized spacial score (nSPS) is 15.9. The van der Waals surface area contributed by atoms with E-state index in [1.165, 1.54) is 0 Å². The quantitative estimate of drug-likeness (QED) is 0.815. The molecular weight excluding hydrogens is 318 g/mol. The van der Waals surface area contributed by atoms with E-state index in [9.17, 15) is 9.59 Å². The lowest BCUT2D eigenvalue weighted by molar-refractivity contribution is -0.123. The fourth-order valence-electron chi connectivity index (χ4n) is 3.32. The van der Waals surface area contributed by atoms with Gasteiger partial charge in [-0.1, -0.05) is 47.8 Å². The third kappa shape index (κ3) is 3.95. The lowest BCUT2D eigenvalue weighted by Crippen LogP contribution is -2.44. The molecule has 3 rings (SSSR count). The molecule has 0 aliphatic heterocycles. The van der Waals surface area contributed by atoms with Crippen molar-refractivity contribution in [1.29, 1.82) is 0 Å². The molecule has 0 unspecified atom stereocenters. The van der Waals surface area contributed by atoms with Crippen LogP contribution in [-0.2, 0) is 10.3 Å². The van der Waals surface area contributed by atoms with E-state index < -0.39 is 5.54 Å². The van der Waals surface area contributed by atoms with Gasteiger partial charge in [0.2, 0.25) is 11.8 Å². The fraction of sp³-hybridized carbons (Fsp3) is 0.474. The average molecular weight is 341 g/mol. The van der Waals surface area contributed by atoms with Gasteiger partial charge in [-0.3, -0.25) is 9.59 Å². The second-order valence-electron chi connectivity index (χ2n) is 6.76. The number of benzene rings is 1. The number of nitrogens with zero attached hydrogens (tertiary/aromatic N) is 2. The molecule has 0 spiro atoms. The Hall–Kier alpha value is -2.50. The molecule has 6 heteroatoms. The van der Waals surface area contributed by atoms with Crippen LogP contribution in [0.25, 0.3) is 0 Å². The Morgan fingerprint density at radius 2 is 1.80 bits per heavy atom. The summed E-state index contributed by atoms with van der Waals surface area (Å²) in [7, 11) is 0. The lowest BCUT2D eigenvalue weighted by atomic mass is 9.96. The van der Waals surface area contributed by atoms with Gasteiger partial charge >= 0.3 is 0 Å². The van der Waals surface area contributed by atoms with E-state index in [1.54, 1.807) is 19.1 Å². The molecule has 1 amide bonds. The summed E-state index contributed by atoms with van der Waals surface area (Å²) in [4.78, 5) is 29.0. The Morgan fingerprint density at radius 3 is 2.40 bits per heavy atom. The molecule has 6 nitrogen and oxygen atoms in total. The first-order valence-corrected chi connectivity index (χ1v) is 8.70. The Labute approximate surface area is 147 Å². The zero-order chi connectivity index (χ0) is 17.9. The average Bonchev–Trinajstić information content (AvgIpc) is 3.23. The van der Waals surface area contributed by atoms with Gasteiger partial charge in [0.15, 0.2) is 11.6 Å². The summed E-state index contributed by atoms with van der Waals surface area (Å²) in [6, 6.07) is 7.41. The van der Waals surface area contributed by atoms with Crippen LogP contribution in [0.1, 0.15) is 66.2 Å². The highest BCUT2D eigenvalue weighted by Crippen LogP contribution is 2.37. The monoisotopic (exact) mass is 341 g/mol. The first kappa shape index (κ1) is 17.3. The molecule has 0 saturated heterocycles. The largest absolute Gasteiger partial charge is 0.343 e. The molecule has 1 aromatic heterocycles. The minimum absolute atomic E-state index is 0.0222. The minimum atomic E-state index is -0.554. The second kappa shape index (κ2) is 7.17. The first-order chi connectivity index (χ1) is 12.0. The summed E-state index contributed by atoms with van der Waals surface area (Å²) in [5, 5.41) is 7.07. The minimum Gasteiger partial charge on any atom is -0.343 e. The van der Waals surface area contributed by atoms with E-state index in [4.69, 9.17) is 4.52 Å². The van der Waals surface area contributed by atoms with Gasteiger partial charge in [-0.15, -0.1) is 0 Å². The summed E-state index contributed by atoms with van der Waals surface area (Å²) in [5.41, 5.74) is 1.19. The van der Waals surface area contributed by atoms with Crippen molar-refractivity contribution >= 4 is 11.7 Å². The van der Waals surface area contributed by atoms with Crippen molar-refractivity contribution in [1.82, 2.24) is 15.5 Å². The molecular formula is C19H23N3O3. The van der Waals surface area contributed by atoms with Crippen molar-refractivity contribution in [3.05, 3.63) is 47.1 Å². The van der Waals surface area contributed by atoms with Gasteiger partial charge < -0.3 is 9.84 Å². The van der Waals surface area contributed by atoms with Crippen LogP contribution in [0.2, 0.25) is 0 Å². The summed E-state index contributed by atoms with van der Waals surface area (Å²) >= 11 is 0. The number of rotatable bonds is 6. The topological polar surface area (TPSA) is 85.1 Å². The maximum atomic E-state index is 12.4. The van der Waals surface area contributed by atoms with Crippen LogP contribution in [-0.4, -0.2) is 21.8 Å². The number of Topliss-reactive ketones (excluding diaryl/α,β-unsaturated/α-hetero) is 1. The van der Waals surface area contributed by atoms with Crippen LogP contribution >= 0.6 is 0 Å². The second-order valence-corrected chi connectivity index (χ2v) is 6.76. The van der Waals surface area contributed by atoms with Gasteiger partial charge in [0.25, 0.3) is 0 Å². The van der Waals surface area contributed by atoms with Crippen molar-refractivity contribution in [2.24, 2.45) is 0 Å². The molecule has 132 valence electrons. The van der Waals surface area contributed by atoms with E-state index in [2.05, 4.69) is 15.5 Å². The van der Waals surface area contributed by atoms with Crippen LogP contribution in [0.5, 0.6) is 0 Å². The van der Waals surface area contributed by atoms with E-state index in [0.717, 1.165) is 31.2 Å². The van der Waals surface area contributed by atoms with Gasteiger partial charge in [-0.05, 0) is 19.8 Å². The van der Waals surface area contributed by atoms with Gasteiger partial charge in [-0.2, -0.15) is 4.98 Å². The Bertz CT molecular complexity index is 758. The molecule has 1 aliphatic carbocycles. The van der Waals surface area contributed by atoms with Gasteiger partial charge in [0.1, 0.15) is 5.54 Å². The number of aromatic nitrogens is 2. The van der Waals surface area contributed by atoms with Gasteiger partial charge in [-0.25, -0.2) is 0 Å². The third-order valence-corrected chi connectivity index (χ3v) is 4.74. The summed E-state index contributed by atoms with van der Waals surface area (Å²) in [6.45, 7) is 3.71. The zero-order valence-electron chi connectivity index (χ0n) is 14.7. The number of ketones is 1. The summed E-state index contributed by atoms with van der Waals surface area (Å²) < 4.78 is 5.08. The molecule has 1 aromatic carbocycles. The molecule has 1 aliphatic rings. The van der Waals surface area contributed by atoms with Crippen molar-refractivity contribution in [3.63, 3.8) is 0 Å². The SMILES string of the molecule is Cc1ccc(C(=O)CCC(=O)NC2(c3noc(C)n3)CCCC2)cc1. The van der Waals surface area contributed by atoms with Crippen molar-refractivity contribution in [2.75, 3.05) is 0 Å². The molecule has 1 heterocycles. The van der Waals surface area contributed by atoms with Gasteiger partial charge in [0.05, 0.1) is 0 Å². The predicted molar refractivity (Wildman–Crippen MR) is 92.1 cm³/mol. The van der Waals surface area contributed by atoms with Crippen LogP contribution in [0, 0.1) is 13.8 Å². The molecule has 0 atom stereocenters. The highest BCUT2D eigenvalue weighted by Gasteiger charge is 2.41. The van der Waals surface area contributed by atoms with Crippen LogP contribution < -0.4 is 5.32 Å². The summed E-state index contributed by atoms with van der Waals surface area (Å²) in [5.74, 6) is 0.863. The van der Waals surface area contributed by atoms with Gasteiger partial charge in [0, 0.05) is 25.3 Å². The number of carbonyl (C=O) groups excluding carboxylic acids is 2. The number of carbonyl (C=O) groups is 2. The number of nitrogens with one attached hydrogen (secondary N) is 1. The highest BCUT2D eigenvalue weighted by atomic mass is 16.5. The Kier molecular flexibility index (Phi) is 4.97. The fourth-order valence-corrected chi connectivity index (χ4v) is 3.32. The Morgan fingerprint density at radius 1 is 1.12 bits per heavy atom. The number of aryl methyl sites for hydroxylation is 2. The highest BCUT2D eigenvalue weighted by molar-refractivity contribution is 5.98. The maximum absolute atomic E-state index is 12.4. The zero-order valence-corrected chi connectivity index (χ0v) is 14.7. The van der Waals surface area contributed by atoms with Crippen LogP contribution in [0.3, 0.4) is 0 Å². The lowest BCUT2D eigenvalue weighted by Gasteiger charge is -2.26. The molecule has 2 aromatic rings. The molecule has 1 fully saturated rings. The number of hydrogen-bond donors (Lipinski definition) is 1. The predicted octanol–water partition coefficient (Wildman–Crippen LogP) is 3.24.